The predicted molar refractivity (Wildman–Crippen MR) is 147 cm³/mol. The molecule has 1 aliphatic rings. The molecule has 3 aromatic rings. The van der Waals surface area contributed by atoms with Crippen LogP contribution in [0.2, 0.25) is 0 Å². The van der Waals surface area contributed by atoms with Gasteiger partial charge in [-0.15, -0.1) is 0 Å². The third-order valence-electron chi connectivity index (χ3n) is 5.18. The summed E-state index contributed by atoms with van der Waals surface area (Å²) in [6.45, 7) is -9.12. The van der Waals surface area contributed by atoms with Crippen LogP contribution in [0.25, 0.3) is 0 Å². The van der Waals surface area contributed by atoms with E-state index in [1.54, 1.807) is 36.1 Å². The fourth-order valence-corrected chi connectivity index (χ4v) is 4.43. The molecule has 0 spiro atoms. The lowest BCUT2D eigenvalue weighted by Crippen LogP contribution is -2.40. The molecule has 198 valence electrons. The zero-order valence-corrected chi connectivity index (χ0v) is 20.8. The Hall–Kier alpha value is -3.21. The molecule has 1 fully saturated rings. The van der Waals surface area contributed by atoms with Crippen molar-refractivity contribution < 1.29 is 31.0 Å². The Bertz CT molecular complexity index is 1730. The highest BCUT2D eigenvalue weighted by molar-refractivity contribution is 7.89. The van der Waals surface area contributed by atoms with E-state index in [9.17, 15) is 8.42 Å². The standard InChI is InChI=1S/C27H36N6O3S/c1-20-19-28-26(30-21-10-12-23(13-11-21)36-17-16-33-14-5-6-15-33)31-25(20)29-22-8-7-9-24(18-22)37(34,35)32-27(2,3)4/h7-13,18-19,32H,5-6,14-17H2,1-4H3,(H2,28,29,30,31)/i2D3,3D3,4D3,5D2,6D2. The van der Waals surface area contributed by atoms with Gasteiger partial charge in [-0.2, -0.15) is 4.98 Å². The topological polar surface area (TPSA) is 108 Å². The Kier molecular flexibility index (Phi) is 4.54. The minimum atomic E-state index is -5.02. The molecule has 0 unspecified atom stereocenters. The lowest BCUT2D eigenvalue weighted by atomic mass is 10.1. The van der Waals surface area contributed by atoms with Gasteiger partial charge in [0.15, 0.2) is 0 Å². The maximum atomic E-state index is 13.3. The van der Waals surface area contributed by atoms with E-state index in [0.29, 0.717) is 23.5 Å². The third kappa shape index (κ3) is 7.88. The van der Waals surface area contributed by atoms with Crippen molar-refractivity contribution >= 4 is 33.2 Å². The first kappa shape index (κ1) is 14.7. The summed E-state index contributed by atoms with van der Waals surface area (Å²) in [5, 5.41) is 5.97. The average Bonchev–Trinajstić information content (AvgIpc) is 3.18. The van der Waals surface area contributed by atoms with Crippen LogP contribution in [0.15, 0.2) is 59.6 Å². The van der Waals surface area contributed by atoms with Gasteiger partial charge in [0.25, 0.3) is 0 Å². The van der Waals surface area contributed by atoms with Crippen molar-refractivity contribution in [2.24, 2.45) is 0 Å². The summed E-state index contributed by atoms with van der Waals surface area (Å²) in [6.07, 6.45) is -2.37. The predicted octanol–water partition coefficient (Wildman–Crippen LogP) is 4.82. The molecular formula is C27H36N6O3S. The summed E-state index contributed by atoms with van der Waals surface area (Å²) in [5.74, 6) is 0.946. The van der Waals surface area contributed by atoms with Gasteiger partial charge in [0.1, 0.15) is 18.2 Å². The highest BCUT2D eigenvalue weighted by Gasteiger charge is 2.22. The SMILES string of the molecule is [2H]C([2H])([2H])C(NS(=O)(=O)c1cccc(Nc2nc(Nc3ccc(OCCN4CC([2H])([2H])C([2H])([2H])C4)cc3)ncc2C)c1)(C([2H])([2H])[2H])C([2H])([2H])[2H]. The van der Waals surface area contributed by atoms with Crippen LogP contribution >= 0.6 is 0 Å². The molecule has 1 aliphatic heterocycles. The van der Waals surface area contributed by atoms with Crippen molar-refractivity contribution in [3.05, 3.63) is 60.3 Å². The van der Waals surface area contributed by atoms with E-state index in [1.165, 1.54) is 23.1 Å². The molecule has 1 aromatic heterocycles. The van der Waals surface area contributed by atoms with Crippen molar-refractivity contribution in [3.63, 3.8) is 0 Å². The van der Waals surface area contributed by atoms with Gasteiger partial charge in [-0.25, -0.2) is 18.1 Å². The Morgan fingerprint density at radius 2 is 1.84 bits per heavy atom. The quantitative estimate of drug-likeness (QED) is 0.338. The molecule has 0 bridgehead atoms. The number of likely N-dealkylation sites (tertiary alicyclic amines) is 1. The summed E-state index contributed by atoms with van der Waals surface area (Å²) in [7, 11) is -5.02. The fraction of sp³-hybridized carbons (Fsp3) is 0.407. The van der Waals surface area contributed by atoms with Gasteiger partial charge in [-0.05, 0) is 95.8 Å². The number of rotatable bonds is 10. The second-order valence-electron chi connectivity index (χ2n) is 8.30. The summed E-state index contributed by atoms with van der Waals surface area (Å²) in [6, 6.07) is 11.7. The largest absolute Gasteiger partial charge is 0.492 e. The van der Waals surface area contributed by atoms with Gasteiger partial charge >= 0.3 is 0 Å². The van der Waals surface area contributed by atoms with E-state index < -0.39 is 53.8 Å². The fourth-order valence-electron chi connectivity index (χ4n) is 3.37. The van der Waals surface area contributed by atoms with Crippen LogP contribution in [-0.2, 0) is 10.0 Å². The summed E-state index contributed by atoms with van der Waals surface area (Å²) in [5.41, 5.74) is -2.51. The van der Waals surface area contributed by atoms with Crippen molar-refractivity contribution in [1.82, 2.24) is 19.6 Å². The van der Waals surface area contributed by atoms with E-state index in [0.717, 1.165) is 12.1 Å². The van der Waals surface area contributed by atoms with Gasteiger partial charge in [-0.3, -0.25) is 4.90 Å². The van der Waals surface area contributed by atoms with Crippen LogP contribution in [0.3, 0.4) is 0 Å². The highest BCUT2D eigenvalue weighted by Crippen LogP contribution is 2.24. The molecular weight excluding hydrogens is 488 g/mol. The summed E-state index contributed by atoms with van der Waals surface area (Å²) in [4.78, 5) is 9.76. The Morgan fingerprint density at radius 1 is 1.08 bits per heavy atom. The van der Waals surface area contributed by atoms with Crippen LogP contribution in [0.5, 0.6) is 5.75 Å². The van der Waals surface area contributed by atoms with Gasteiger partial charge in [0.2, 0.25) is 16.0 Å². The molecule has 0 saturated carbocycles. The van der Waals surface area contributed by atoms with Crippen LogP contribution in [0, 0.1) is 6.92 Å². The smallest absolute Gasteiger partial charge is 0.241 e. The minimum Gasteiger partial charge on any atom is -0.492 e. The van der Waals surface area contributed by atoms with Crippen molar-refractivity contribution in [1.29, 1.82) is 0 Å². The van der Waals surface area contributed by atoms with E-state index in [2.05, 4.69) is 20.6 Å². The average molecular weight is 538 g/mol. The zero-order chi connectivity index (χ0) is 37.6. The lowest BCUT2D eigenvalue weighted by molar-refractivity contribution is 0.238. The summed E-state index contributed by atoms with van der Waals surface area (Å²) < 4.78 is 135. The molecule has 9 nitrogen and oxygen atoms in total. The number of benzene rings is 2. The number of aromatic nitrogens is 2. The van der Waals surface area contributed by atoms with Crippen LogP contribution < -0.4 is 20.1 Å². The molecule has 2 heterocycles. The first-order chi connectivity index (χ1) is 22.8. The number of sulfonamides is 1. The van der Waals surface area contributed by atoms with Crippen LogP contribution in [-0.4, -0.2) is 55.1 Å². The number of anilines is 4. The van der Waals surface area contributed by atoms with Gasteiger partial charge in [-0.1, -0.05) is 6.07 Å². The van der Waals surface area contributed by atoms with E-state index in [4.69, 9.17) is 22.6 Å². The molecule has 2 aromatic carbocycles. The molecule has 10 heteroatoms. The molecule has 0 aliphatic carbocycles. The molecule has 37 heavy (non-hydrogen) atoms. The second-order valence-corrected chi connectivity index (χ2v) is 9.98. The van der Waals surface area contributed by atoms with E-state index >= 15 is 0 Å². The first-order valence-corrected chi connectivity index (χ1v) is 12.7. The maximum absolute atomic E-state index is 13.3. The van der Waals surface area contributed by atoms with E-state index in [1.807, 2.05) is 0 Å². The molecule has 0 amide bonds. The molecule has 4 rings (SSSR count). The van der Waals surface area contributed by atoms with Crippen LogP contribution in [0.4, 0.5) is 23.1 Å². The minimum absolute atomic E-state index is 0.0197. The highest BCUT2D eigenvalue weighted by atomic mass is 32.2. The van der Waals surface area contributed by atoms with Gasteiger partial charge in [0.05, 0.1) is 4.90 Å². The number of nitrogens with zero attached hydrogens (tertiary/aromatic N) is 3. The third-order valence-corrected chi connectivity index (χ3v) is 6.63. The number of nitrogens with one attached hydrogen (secondary N) is 3. The molecule has 1 saturated heterocycles. The summed E-state index contributed by atoms with van der Waals surface area (Å²) >= 11 is 0. The number of ether oxygens (including phenoxy) is 1. The van der Waals surface area contributed by atoms with Crippen LogP contribution in [0.1, 0.15) is 56.7 Å². The second kappa shape index (κ2) is 11.5. The van der Waals surface area contributed by atoms with Crippen molar-refractivity contribution in [3.8, 4) is 5.75 Å². The zero-order valence-electron chi connectivity index (χ0n) is 33.0. The Morgan fingerprint density at radius 3 is 2.57 bits per heavy atom. The molecule has 0 radical (unpaired) electrons. The monoisotopic (exact) mass is 537 g/mol. The van der Waals surface area contributed by atoms with Gasteiger partial charge in [0, 0.05) is 53.0 Å². The number of hydrogen-bond acceptors (Lipinski definition) is 8. The van der Waals surface area contributed by atoms with Crippen molar-refractivity contribution in [2.45, 2.75) is 50.7 Å². The molecule has 3 N–H and O–H groups in total. The molecule has 0 atom stereocenters. The first-order valence-electron chi connectivity index (χ1n) is 17.8. The normalized spacial score (nSPS) is 23.4. The Balaban J connectivity index is 1.45. The number of hydrogen-bond donors (Lipinski definition) is 3. The van der Waals surface area contributed by atoms with Gasteiger partial charge < -0.3 is 15.4 Å². The number of aryl methyl sites for hydroxylation is 1. The maximum Gasteiger partial charge on any atom is 0.241 e. The van der Waals surface area contributed by atoms with E-state index in [-0.39, 0.29) is 37.1 Å². The lowest BCUT2D eigenvalue weighted by Gasteiger charge is -2.20. The van der Waals surface area contributed by atoms with Crippen molar-refractivity contribution in [2.75, 3.05) is 36.9 Å². The Labute approximate surface area is 238 Å².